The summed E-state index contributed by atoms with van der Waals surface area (Å²) < 4.78 is 6.60. The Labute approximate surface area is 113 Å². The van der Waals surface area contributed by atoms with Gasteiger partial charge in [-0.2, -0.15) is 0 Å². The summed E-state index contributed by atoms with van der Waals surface area (Å²) in [5, 5.41) is 9.94. The number of hydrogen-bond donors (Lipinski definition) is 1. The highest BCUT2D eigenvalue weighted by molar-refractivity contribution is 9.10. The summed E-state index contributed by atoms with van der Waals surface area (Å²) in [7, 11) is 0. The van der Waals surface area contributed by atoms with Crippen LogP contribution in [0.5, 0.6) is 0 Å². The van der Waals surface area contributed by atoms with E-state index < -0.39 is 6.10 Å². The van der Waals surface area contributed by atoms with Crippen molar-refractivity contribution in [2.75, 3.05) is 0 Å². The van der Waals surface area contributed by atoms with Gasteiger partial charge in [0.05, 0.1) is 11.1 Å². The van der Waals surface area contributed by atoms with Crippen LogP contribution in [0.4, 0.5) is 0 Å². The Morgan fingerprint density at radius 3 is 2.82 bits per heavy atom. The van der Waals surface area contributed by atoms with E-state index in [2.05, 4.69) is 15.9 Å². The zero-order valence-corrected chi connectivity index (χ0v) is 11.6. The fourth-order valence-corrected chi connectivity index (χ4v) is 2.18. The maximum Gasteiger partial charge on any atom is 0.135 e. The van der Waals surface area contributed by atoms with Gasteiger partial charge in [0.2, 0.25) is 0 Å². The summed E-state index contributed by atoms with van der Waals surface area (Å²) in [6.07, 6.45) is 0.0954. The predicted octanol–water partition coefficient (Wildman–Crippen LogP) is 4.29. The number of aliphatic hydroxyl groups is 1. The van der Waals surface area contributed by atoms with Crippen molar-refractivity contribution in [3.63, 3.8) is 0 Å². The van der Waals surface area contributed by atoms with Gasteiger partial charge in [-0.25, -0.2) is 0 Å². The molecule has 0 aliphatic heterocycles. The lowest BCUT2D eigenvalue weighted by Gasteiger charge is -2.02. The van der Waals surface area contributed by atoms with E-state index in [4.69, 9.17) is 16.0 Å². The van der Waals surface area contributed by atoms with Crippen molar-refractivity contribution < 1.29 is 9.52 Å². The first-order chi connectivity index (χ1) is 8.06. The van der Waals surface area contributed by atoms with E-state index in [1.54, 1.807) is 6.92 Å². The van der Waals surface area contributed by atoms with Crippen molar-refractivity contribution in [2.45, 2.75) is 19.4 Å². The van der Waals surface area contributed by atoms with Gasteiger partial charge in [-0.15, -0.1) is 0 Å². The van der Waals surface area contributed by atoms with Gasteiger partial charge in [0.15, 0.2) is 0 Å². The summed E-state index contributed by atoms with van der Waals surface area (Å²) in [5.74, 6) is 1.47. The van der Waals surface area contributed by atoms with E-state index >= 15 is 0 Å². The van der Waals surface area contributed by atoms with Crippen LogP contribution in [0.1, 0.15) is 12.7 Å². The molecule has 1 atom stereocenters. The number of benzene rings is 1. The van der Waals surface area contributed by atoms with Crippen molar-refractivity contribution in [3.8, 4) is 11.3 Å². The lowest BCUT2D eigenvalue weighted by atomic mass is 10.2. The van der Waals surface area contributed by atoms with Crippen LogP contribution < -0.4 is 0 Å². The third kappa shape index (κ3) is 3.12. The van der Waals surface area contributed by atoms with Gasteiger partial charge >= 0.3 is 0 Å². The van der Waals surface area contributed by atoms with Gasteiger partial charge in [0, 0.05) is 16.5 Å². The Morgan fingerprint density at radius 2 is 2.12 bits per heavy atom. The Morgan fingerprint density at radius 1 is 1.35 bits per heavy atom. The monoisotopic (exact) mass is 314 g/mol. The number of hydrogen-bond acceptors (Lipinski definition) is 2. The topological polar surface area (TPSA) is 33.4 Å². The quantitative estimate of drug-likeness (QED) is 0.917. The first-order valence-corrected chi connectivity index (χ1v) is 6.45. The molecule has 1 heterocycles. The summed E-state index contributed by atoms with van der Waals surface area (Å²) in [6, 6.07) is 9.33. The van der Waals surface area contributed by atoms with Crippen molar-refractivity contribution in [3.05, 3.63) is 45.6 Å². The Hall–Kier alpha value is -0.770. The van der Waals surface area contributed by atoms with Crippen LogP contribution >= 0.6 is 27.5 Å². The summed E-state index contributed by atoms with van der Waals surface area (Å²) in [6.45, 7) is 1.73. The van der Waals surface area contributed by atoms with Crippen LogP contribution in [-0.4, -0.2) is 11.2 Å². The zero-order chi connectivity index (χ0) is 12.4. The Balaban J connectivity index is 2.33. The fourth-order valence-electron chi connectivity index (χ4n) is 1.61. The molecule has 0 saturated carbocycles. The zero-order valence-electron chi connectivity index (χ0n) is 9.28. The summed E-state index contributed by atoms with van der Waals surface area (Å²) >= 11 is 9.52. The first kappa shape index (κ1) is 12.7. The molecule has 0 aliphatic rings. The highest BCUT2D eigenvalue weighted by Gasteiger charge is 2.10. The normalized spacial score (nSPS) is 12.7. The largest absolute Gasteiger partial charge is 0.461 e. The number of aliphatic hydroxyl groups excluding tert-OH is 1. The second-order valence-electron chi connectivity index (χ2n) is 3.94. The van der Waals surface area contributed by atoms with Crippen LogP contribution in [0.3, 0.4) is 0 Å². The average Bonchev–Trinajstić information content (AvgIpc) is 2.69. The lowest BCUT2D eigenvalue weighted by molar-refractivity contribution is 0.187. The minimum Gasteiger partial charge on any atom is -0.461 e. The Kier molecular flexibility index (Phi) is 3.92. The van der Waals surface area contributed by atoms with Crippen molar-refractivity contribution in [1.82, 2.24) is 0 Å². The molecular formula is C13H12BrClO2. The maximum atomic E-state index is 9.29. The Bertz CT molecular complexity index is 520. The minimum absolute atomic E-state index is 0.410. The molecule has 1 N–H and O–H groups in total. The van der Waals surface area contributed by atoms with Crippen LogP contribution in [0, 0.1) is 0 Å². The van der Waals surface area contributed by atoms with Crippen LogP contribution in [0.15, 0.2) is 39.2 Å². The average molecular weight is 316 g/mol. The smallest absolute Gasteiger partial charge is 0.135 e. The molecule has 1 unspecified atom stereocenters. The molecule has 4 heteroatoms. The molecule has 1 aromatic carbocycles. The summed E-state index contributed by atoms with van der Waals surface area (Å²) in [5.41, 5.74) is 0.845. The molecule has 2 nitrogen and oxygen atoms in total. The highest BCUT2D eigenvalue weighted by Crippen LogP contribution is 2.32. The van der Waals surface area contributed by atoms with E-state index in [-0.39, 0.29) is 0 Å². The predicted molar refractivity (Wildman–Crippen MR) is 72.2 cm³/mol. The molecule has 0 fully saturated rings. The molecule has 0 bridgehead atoms. The minimum atomic E-state index is -0.410. The van der Waals surface area contributed by atoms with E-state index in [0.29, 0.717) is 17.2 Å². The highest BCUT2D eigenvalue weighted by atomic mass is 79.9. The molecule has 17 heavy (non-hydrogen) atoms. The number of furan rings is 1. The first-order valence-electron chi connectivity index (χ1n) is 5.28. The number of halogens is 2. The summed E-state index contributed by atoms with van der Waals surface area (Å²) in [4.78, 5) is 0. The molecule has 1 aromatic heterocycles. The van der Waals surface area contributed by atoms with E-state index in [9.17, 15) is 5.11 Å². The van der Waals surface area contributed by atoms with E-state index in [1.807, 2.05) is 30.3 Å². The van der Waals surface area contributed by atoms with Gasteiger partial charge in [0.25, 0.3) is 0 Å². The molecule has 0 saturated heterocycles. The van der Waals surface area contributed by atoms with Gasteiger partial charge in [-0.05, 0) is 37.3 Å². The molecular weight excluding hydrogens is 303 g/mol. The van der Waals surface area contributed by atoms with Gasteiger partial charge in [0.1, 0.15) is 11.5 Å². The second kappa shape index (κ2) is 5.25. The van der Waals surface area contributed by atoms with Crippen molar-refractivity contribution in [2.24, 2.45) is 0 Å². The standard InChI is InChI=1S/C13H12BrClO2/c1-8(16)6-10-3-5-13(17-10)11-7-9(14)2-4-12(11)15/h2-5,7-8,16H,6H2,1H3. The van der Waals surface area contributed by atoms with Crippen LogP contribution in [0.2, 0.25) is 5.02 Å². The van der Waals surface area contributed by atoms with Crippen LogP contribution in [-0.2, 0) is 6.42 Å². The van der Waals surface area contributed by atoms with Gasteiger partial charge < -0.3 is 9.52 Å². The maximum absolute atomic E-state index is 9.29. The number of rotatable bonds is 3. The molecule has 2 rings (SSSR count). The molecule has 0 radical (unpaired) electrons. The molecule has 0 amide bonds. The van der Waals surface area contributed by atoms with Crippen LogP contribution in [0.25, 0.3) is 11.3 Å². The third-order valence-electron chi connectivity index (χ3n) is 2.35. The fraction of sp³-hybridized carbons (Fsp3) is 0.231. The molecule has 0 aliphatic carbocycles. The van der Waals surface area contributed by atoms with Gasteiger partial charge in [-0.3, -0.25) is 0 Å². The van der Waals surface area contributed by atoms with Crippen molar-refractivity contribution >= 4 is 27.5 Å². The SMILES string of the molecule is CC(O)Cc1ccc(-c2cc(Br)ccc2Cl)o1. The molecule has 2 aromatic rings. The second-order valence-corrected chi connectivity index (χ2v) is 5.27. The van der Waals surface area contributed by atoms with E-state index in [1.165, 1.54) is 0 Å². The lowest BCUT2D eigenvalue weighted by Crippen LogP contribution is -2.02. The van der Waals surface area contributed by atoms with Gasteiger partial charge in [-0.1, -0.05) is 27.5 Å². The van der Waals surface area contributed by atoms with Crippen molar-refractivity contribution in [1.29, 1.82) is 0 Å². The molecule has 90 valence electrons. The third-order valence-corrected chi connectivity index (χ3v) is 3.17. The van der Waals surface area contributed by atoms with E-state index in [0.717, 1.165) is 15.8 Å². The molecule has 0 spiro atoms.